The zero-order valence-corrected chi connectivity index (χ0v) is 17.1. The Morgan fingerprint density at radius 2 is 1.86 bits per heavy atom. The molecule has 0 unspecified atom stereocenters. The van der Waals surface area contributed by atoms with Crippen LogP contribution >= 0.6 is 0 Å². The Morgan fingerprint density at radius 1 is 1.14 bits per heavy atom. The van der Waals surface area contributed by atoms with Crippen LogP contribution in [0.2, 0.25) is 0 Å². The lowest BCUT2D eigenvalue weighted by Gasteiger charge is -2.28. The second-order valence-corrected chi connectivity index (χ2v) is 10.7. The van der Waals surface area contributed by atoms with Crippen molar-refractivity contribution in [2.45, 2.75) is 68.7 Å². The number of amides is 3. The molecule has 0 spiro atoms. The van der Waals surface area contributed by atoms with Crippen LogP contribution in [0.15, 0.2) is 0 Å². The molecule has 3 heterocycles. The Hall–Kier alpha value is -1.43. The highest BCUT2D eigenvalue weighted by molar-refractivity contribution is 7.91. The molecule has 0 aromatic rings. The monoisotopic (exact) mass is 431 g/mol. The fraction of sp³-hybridized carbons (Fsp3) is 0.889. The third-order valence-electron chi connectivity index (χ3n) is 6.28. The average molecular weight is 432 g/mol. The van der Waals surface area contributed by atoms with E-state index < -0.39 is 28.1 Å². The van der Waals surface area contributed by atoms with Gasteiger partial charge in [0.05, 0.1) is 30.1 Å². The number of nitrogens with one attached hydrogen (secondary N) is 2. The summed E-state index contributed by atoms with van der Waals surface area (Å²) in [6, 6.07) is -0.0130. The van der Waals surface area contributed by atoms with Crippen LogP contribution in [0.1, 0.15) is 32.1 Å². The Morgan fingerprint density at radius 3 is 2.48 bits per heavy atom. The van der Waals surface area contributed by atoms with E-state index in [1.165, 1.54) is 0 Å². The molecule has 1 aliphatic carbocycles. The third kappa shape index (κ3) is 4.84. The van der Waals surface area contributed by atoms with Gasteiger partial charge in [0.25, 0.3) is 0 Å². The van der Waals surface area contributed by atoms with Gasteiger partial charge in [-0.15, -0.1) is 0 Å². The molecule has 164 valence electrons. The molecule has 0 radical (unpaired) electrons. The van der Waals surface area contributed by atoms with Crippen molar-refractivity contribution in [1.82, 2.24) is 15.5 Å². The lowest BCUT2D eigenvalue weighted by atomic mass is 9.93. The van der Waals surface area contributed by atoms with Gasteiger partial charge >= 0.3 is 6.03 Å². The molecule has 3 saturated heterocycles. The highest BCUT2D eigenvalue weighted by atomic mass is 32.2. The van der Waals surface area contributed by atoms with Crippen molar-refractivity contribution >= 4 is 21.8 Å². The van der Waals surface area contributed by atoms with Gasteiger partial charge in [0.2, 0.25) is 5.91 Å². The maximum Gasteiger partial charge on any atom is 0.315 e. The standard InChI is InChI=1S/C18H29N3O7S/c22-15(21-4-6-29(25,26)7-5-21)9-12-8-13-17(27-12)16(23)14(28-13)10-19-18(24)20-11-2-1-3-11/h11-14,16-17,23H,1-10H2,(H2,19,20,24)/t12-,13+,14+,16+,17-/m0/s1. The van der Waals surface area contributed by atoms with Gasteiger partial charge in [0.1, 0.15) is 18.3 Å². The topological polar surface area (TPSA) is 134 Å². The number of aliphatic hydroxyl groups excluding tert-OH is 1. The summed E-state index contributed by atoms with van der Waals surface area (Å²) in [5, 5.41) is 16.1. The van der Waals surface area contributed by atoms with Crippen LogP contribution in [-0.2, 0) is 24.1 Å². The molecule has 3 amide bonds. The van der Waals surface area contributed by atoms with Gasteiger partial charge in [0.15, 0.2) is 9.84 Å². The summed E-state index contributed by atoms with van der Waals surface area (Å²) in [5.74, 6) is -0.133. The molecule has 1 saturated carbocycles. The van der Waals surface area contributed by atoms with Crippen molar-refractivity contribution in [1.29, 1.82) is 0 Å². The van der Waals surface area contributed by atoms with E-state index in [0.717, 1.165) is 19.3 Å². The highest BCUT2D eigenvalue weighted by Gasteiger charge is 2.50. The van der Waals surface area contributed by atoms with E-state index in [-0.39, 0.29) is 67.7 Å². The number of fused-ring (bicyclic) bond motifs is 1. The molecule has 4 rings (SSSR count). The minimum Gasteiger partial charge on any atom is -0.388 e. The molecule has 0 bridgehead atoms. The molecule has 0 aromatic carbocycles. The van der Waals surface area contributed by atoms with Crippen LogP contribution in [0.3, 0.4) is 0 Å². The van der Waals surface area contributed by atoms with E-state index in [1.54, 1.807) is 4.90 Å². The molecule has 3 aliphatic heterocycles. The number of rotatable bonds is 5. The predicted molar refractivity (Wildman–Crippen MR) is 102 cm³/mol. The van der Waals surface area contributed by atoms with E-state index in [2.05, 4.69) is 10.6 Å². The summed E-state index contributed by atoms with van der Waals surface area (Å²) in [6.45, 7) is 0.634. The van der Waals surface area contributed by atoms with Gasteiger partial charge in [-0.25, -0.2) is 13.2 Å². The average Bonchev–Trinajstić information content (AvgIpc) is 3.15. The summed E-state index contributed by atoms with van der Waals surface area (Å²) in [6.07, 6.45) is 1.17. The summed E-state index contributed by atoms with van der Waals surface area (Å²) < 4.78 is 34.7. The van der Waals surface area contributed by atoms with Crippen molar-refractivity contribution in [3.05, 3.63) is 0 Å². The first-order valence-electron chi connectivity index (χ1n) is 10.3. The van der Waals surface area contributed by atoms with Crippen molar-refractivity contribution in [2.75, 3.05) is 31.1 Å². The number of hydrogen-bond acceptors (Lipinski definition) is 7. The molecular formula is C18H29N3O7S. The number of carbonyl (C=O) groups is 2. The fourth-order valence-electron chi connectivity index (χ4n) is 4.28. The third-order valence-corrected chi connectivity index (χ3v) is 7.89. The molecule has 3 N–H and O–H groups in total. The lowest BCUT2D eigenvalue weighted by Crippen LogP contribution is -2.48. The molecule has 11 heteroatoms. The van der Waals surface area contributed by atoms with Crippen LogP contribution < -0.4 is 10.6 Å². The van der Waals surface area contributed by atoms with Crippen molar-refractivity contribution < 1.29 is 32.6 Å². The van der Waals surface area contributed by atoms with Crippen LogP contribution in [0.25, 0.3) is 0 Å². The van der Waals surface area contributed by atoms with Gasteiger partial charge in [-0.1, -0.05) is 0 Å². The molecule has 4 fully saturated rings. The van der Waals surface area contributed by atoms with E-state index in [0.29, 0.717) is 6.42 Å². The number of carbonyl (C=O) groups excluding carboxylic acids is 2. The Balaban J connectivity index is 1.19. The molecule has 29 heavy (non-hydrogen) atoms. The molecule has 5 atom stereocenters. The Kier molecular flexibility index (Phi) is 6.01. The molecule has 10 nitrogen and oxygen atoms in total. The quantitative estimate of drug-likeness (QED) is 0.496. The largest absolute Gasteiger partial charge is 0.388 e. The first-order valence-corrected chi connectivity index (χ1v) is 12.1. The van der Waals surface area contributed by atoms with Crippen LogP contribution in [0.5, 0.6) is 0 Å². The predicted octanol–water partition coefficient (Wildman–Crippen LogP) is -1.23. The second kappa shape index (κ2) is 8.37. The maximum atomic E-state index is 12.4. The van der Waals surface area contributed by atoms with Crippen molar-refractivity contribution in [3.63, 3.8) is 0 Å². The number of hydrogen-bond donors (Lipinski definition) is 3. The van der Waals surface area contributed by atoms with E-state index in [9.17, 15) is 23.1 Å². The summed E-state index contributed by atoms with van der Waals surface area (Å²) in [4.78, 5) is 25.8. The van der Waals surface area contributed by atoms with E-state index in [4.69, 9.17) is 9.47 Å². The smallest absolute Gasteiger partial charge is 0.315 e. The van der Waals surface area contributed by atoms with Gasteiger partial charge < -0.3 is 30.1 Å². The normalized spacial score (nSPS) is 36.3. The summed E-state index contributed by atoms with van der Waals surface area (Å²) in [5.41, 5.74) is 0. The van der Waals surface area contributed by atoms with E-state index >= 15 is 0 Å². The zero-order valence-electron chi connectivity index (χ0n) is 16.3. The minimum absolute atomic E-state index is 0.000340. The number of ether oxygens (including phenoxy) is 2. The minimum atomic E-state index is -3.03. The summed E-state index contributed by atoms with van der Waals surface area (Å²) in [7, 11) is -3.03. The van der Waals surface area contributed by atoms with Crippen LogP contribution in [-0.4, -0.2) is 98.1 Å². The lowest BCUT2D eigenvalue weighted by molar-refractivity contribution is -0.134. The highest BCUT2D eigenvalue weighted by Crippen LogP contribution is 2.35. The molecular weight excluding hydrogens is 402 g/mol. The first-order chi connectivity index (χ1) is 13.8. The zero-order chi connectivity index (χ0) is 20.6. The fourth-order valence-corrected chi connectivity index (χ4v) is 5.48. The van der Waals surface area contributed by atoms with Gasteiger partial charge in [0, 0.05) is 32.1 Å². The van der Waals surface area contributed by atoms with Gasteiger partial charge in [-0.3, -0.25) is 4.79 Å². The van der Waals surface area contributed by atoms with Gasteiger partial charge in [-0.05, 0) is 19.3 Å². The Bertz CT molecular complexity index is 728. The van der Waals surface area contributed by atoms with Crippen LogP contribution in [0.4, 0.5) is 4.79 Å². The van der Waals surface area contributed by atoms with Gasteiger partial charge in [-0.2, -0.15) is 0 Å². The maximum absolute atomic E-state index is 12.4. The second-order valence-electron chi connectivity index (χ2n) is 8.38. The summed E-state index contributed by atoms with van der Waals surface area (Å²) >= 11 is 0. The van der Waals surface area contributed by atoms with Crippen molar-refractivity contribution in [3.8, 4) is 0 Å². The number of urea groups is 1. The first kappa shape index (κ1) is 20.8. The number of sulfone groups is 1. The molecule has 4 aliphatic rings. The number of aliphatic hydroxyl groups is 1. The molecule has 0 aromatic heterocycles. The van der Waals surface area contributed by atoms with Crippen LogP contribution in [0, 0.1) is 0 Å². The SMILES string of the molecule is O=C(NC[C@H]1O[C@@H]2C[C@@H](CC(=O)N3CCS(=O)(=O)CC3)O[C@@H]2[C@@H]1O)NC1CCC1. The van der Waals surface area contributed by atoms with E-state index in [1.807, 2.05) is 0 Å². The van der Waals surface area contributed by atoms with Crippen molar-refractivity contribution in [2.24, 2.45) is 0 Å². The number of nitrogens with zero attached hydrogens (tertiary/aromatic N) is 1. The Labute approximate surface area is 170 Å².